The van der Waals surface area contributed by atoms with E-state index < -0.39 is 0 Å². The molecule has 0 aromatic heterocycles. The Bertz CT molecular complexity index is 237. The van der Waals surface area contributed by atoms with E-state index in [4.69, 9.17) is 6.42 Å². The first kappa shape index (κ1) is 12.8. The largest absolute Gasteiger partial charge is 0.119 e. The average Bonchev–Trinajstić information content (AvgIpc) is 2.23. The number of hydrogen-bond donors (Lipinski definition) is 0. The quantitative estimate of drug-likeness (QED) is 0.244. The first-order valence-corrected chi connectivity index (χ1v) is 5.20. The van der Waals surface area contributed by atoms with Gasteiger partial charge in [-0.3, -0.25) is 0 Å². The summed E-state index contributed by atoms with van der Waals surface area (Å²) in [5.41, 5.74) is 1.24. The first-order valence-electron chi connectivity index (χ1n) is 5.20. The number of hydrogen-bond acceptors (Lipinski definition) is 0. The van der Waals surface area contributed by atoms with E-state index in [0.717, 1.165) is 6.42 Å². The van der Waals surface area contributed by atoms with Crippen LogP contribution in [-0.2, 0) is 0 Å². The highest BCUT2D eigenvalue weighted by Crippen LogP contribution is 2.13. The Hall–Kier alpha value is -1.22. The molecule has 0 aliphatic carbocycles. The third-order valence-corrected chi connectivity index (χ3v) is 2.17. The molecule has 0 amide bonds. The molecule has 0 radical (unpaired) electrons. The predicted octanol–water partition coefficient (Wildman–Crippen LogP) is 4.11. The molecule has 14 heavy (non-hydrogen) atoms. The van der Waals surface area contributed by atoms with Gasteiger partial charge in [0.2, 0.25) is 0 Å². The molecule has 0 rings (SSSR count). The van der Waals surface area contributed by atoms with Gasteiger partial charge in [-0.15, -0.1) is 13.0 Å². The zero-order chi connectivity index (χ0) is 10.8. The topological polar surface area (TPSA) is 0 Å². The first-order chi connectivity index (χ1) is 6.78. The molecule has 1 unspecified atom stereocenters. The Labute approximate surface area is 88.4 Å². The van der Waals surface area contributed by atoms with E-state index >= 15 is 0 Å². The second kappa shape index (κ2) is 8.38. The van der Waals surface area contributed by atoms with Gasteiger partial charge in [-0.25, -0.2) is 0 Å². The fourth-order valence-electron chi connectivity index (χ4n) is 1.25. The molecule has 0 heterocycles. The fourth-order valence-corrected chi connectivity index (χ4v) is 1.25. The molecule has 0 saturated carbocycles. The second-order valence-electron chi connectivity index (χ2n) is 3.33. The van der Waals surface area contributed by atoms with Crippen molar-refractivity contribution in [2.75, 3.05) is 0 Å². The third kappa shape index (κ3) is 5.43. The van der Waals surface area contributed by atoms with Crippen LogP contribution < -0.4 is 0 Å². The summed E-state index contributed by atoms with van der Waals surface area (Å²) in [6.07, 6.45) is 15.9. The van der Waals surface area contributed by atoms with Crippen LogP contribution in [0.4, 0.5) is 0 Å². The van der Waals surface area contributed by atoms with Crippen molar-refractivity contribution in [1.82, 2.24) is 0 Å². The maximum Gasteiger partial charge on any atom is 0.0563 e. The molecule has 0 nitrogen and oxygen atoms in total. The highest BCUT2D eigenvalue weighted by Gasteiger charge is 1.97. The van der Waals surface area contributed by atoms with Crippen LogP contribution in [0.5, 0.6) is 0 Å². The van der Waals surface area contributed by atoms with Crippen molar-refractivity contribution in [3.8, 4) is 12.3 Å². The maximum absolute atomic E-state index is 5.34. The molecule has 1 atom stereocenters. The molecule has 0 bridgehead atoms. The van der Waals surface area contributed by atoms with Gasteiger partial charge >= 0.3 is 0 Å². The molecule has 0 aromatic rings. The molecule has 76 valence electrons. The second-order valence-corrected chi connectivity index (χ2v) is 3.33. The maximum atomic E-state index is 5.34. The number of rotatable bonds is 7. The lowest BCUT2D eigenvalue weighted by atomic mass is 10.0. The van der Waals surface area contributed by atoms with Crippen molar-refractivity contribution in [2.24, 2.45) is 5.92 Å². The van der Waals surface area contributed by atoms with Crippen molar-refractivity contribution in [3.05, 3.63) is 37.0 Å². The summed E-state index contributed by atoms with van der Waals surface area (Å²) in [5, 5.41) is 0. The molecule has 0 N–H and O–H groups in total. The summed E-state index contributed by atoms with van der Waals surface area (Å²) in [7, 11) is 0. The summed E-state index contributed by atoms with van der Waals surface area (Å²) in [5.74, 6) is 2.71. The van der Waals surface area contributed by atoms with E-state index in [1.807, 2.05) is 6.08 Å². The zero-order valence-electron chi connectivity index (χ0n) is 9.13. The van der Waals surface area contributed by atoms with Gasteiger partial charge in [-0.1, -0.05) is 56.1 Å². The molecule has 0 aliphatic heterocycles. The zero-order valence-corrected chi connectivity index (χ0v) is 9.13. The smallest absolute Gasteiger partial charge is 0.0563 e. The molecular formula is C14H20. The van der Waals surface area contributed by atoms with Gasteiger partial charge in [0, 0.05) is 0 Å². The number of unbranched alkanes of at least 4 members (excludes halogenated alkanes) is 2. The molecule has 0 saturated heterocycles. The Morgan fingerprint density at radius 1 is 1.43 bits per heavy atom. The van der Waals surface area contributed by atoms with Crippen LogP contribution in [0.1, 0.15) is 32.6 Å². The number of terminal acetylenes is 1. The van der Waals surface area contributed by atoms with E-state index in [1.165, 1.54) is 24.8 Å². The molecule has 0 aliphatic rings. The van der Waals surface area contributed by atoms with Crippen molar-refractivity contribution in [2.45, 2.75) is 32.6 Å². The van der Waals surface area contributed by atoms with E-state index in [9.17, 15) is 0 Å². The summed E-state index contributed by atoms with van der Waals surface area (Å²) in [6, 6.07) is 0. The molecular weight excluding hydrogens is 168 g/mol. The summed E-state index contributed by atoms with van der Waals surface area (Å²) in [4.78, 5) is 0. The number of allylic oxidation sites excluding steroid dienone is 4. The van der Waals surface area contributed by atoms with Crippen molar-refractivity contribution in [1.29, 1.82) is 0 Å². The normalized spacial score (nSPS) is 13.0. The van der Waals surface area contributed by atoms with Crippen LogP contribution in [0.2, 0.25) is 0 Å². The lowest BCUT2D eigenvalue weighted by Gasteiger charge is -2.03. The highest BCUT2D eigenvalue weighted by molar-refractivity contribution is 5.23. The minimum absolute atomic E-state index is 0.0460. The summed E-state index contributed by atoms with van der Waals surface area (Å²) < 4.78 is 0. The van der Waals surface area contributed by atoms with Crippen molar-refractivity contribution >= 4 is 0 Å². The van der Waals surface area contributed by atoms with Crippen LogP contribution in [-0.4, -0.2) is 0 Å². The Kier molecular flexibility index (Phi) is 7.65. The van der Waals surface area contributed by atoms with Gasteiger partial charge in [0.1, 0.15) is 0 Å². The average molecular weight is 188 g/mol. The van der Waals surface area contributed by atoms with Crippen LogP contribution in [0.3, 0.4) is 0 Å². The minimum atomic E-state index is 0.0460. The van der Waals surface area contributed by atoms with E-state index in [1.54, 1.807) is 6.08 Å². The third-order valence-electron chi connectivity index (χ3n) is 2.17. The van der Waals surface area contributed by atoms with Crippen LogP contribution >= 0.6 is 0 Å². The van der Waals surface area contributed by atoms with Gasteiger partial charge in [0.25, 0.3) is 0 Å². The summed E-state index contributed by atoms with van der Waals surface area (Å²) >= 11 is 0. The van der Waals surface area contributed by atoms with Gasteiger partial charge in [0.05, 0.1) is 5.92 Å². The van der Waals surface area contributed by atoms with Crippen molar-refractivity contribution in [3.63, 3.8) is 0 Å². The highest BCUT2D eigenvalue weighted by atomic mass is 14.0. The van der Waals surface area contributed by atoms with Crippen LogP contribution in [0.25, 0.3) is 0 Å². The van der Waals surface area contributed by atoms with Gasteiger partial charge in [-0.2, -0.15) is 0 Å². The molecule has 0 heteroatoms. The Balaban J connectivity index is 4.17. The summed E-state index contributed by atoms with van der Waals surface area (Å²) in [6.45, 7) is 9.68. The van der Waals surface area contributed by atoms with E-state index in [-0.39, 0.29) is 5.92 Å². The lowest BCUT2D eigenvalue weighted by Crippen LogP contribution is -1.89. The van der Waals surface area contributed by atoms with Gasteiger partial charge < -0.3 is 0 Å². The van der Waals surface area contributed by atoms with Crippen LogP contribution in [0, 0.1) is 18.3 Å². The van der Waals surface area contributed by atoms with E-state index in [2.05, 4.69) is 32.1 Å². The Morgan fingerprint density at radius 2 is 2.14 bits per heavy atom. The van der Waals surface area contributed by atoms with Gasteiger partial charge in [-0.05, 0) is 12.8 Å². The fraction of sp³-hybridized carbons (Fsp3) is 0.429. The molecule has 0 fully saturated rings. The van der Waals surface area contributed by atoms with E-state index in [0.29, 0.717) is 0 Å². The lowest BCUT2D eigenvalue weighted by molar-refractivity contribution is 0.717. The van der Waals surface area contributed by atoms with Gasteiger partial charge in [0.15, 0.2) is 0 Å². The van der Waals surface area contributed by atoms with Crippen LogP contribution in [0.15, 0.2) is 37.0 Å². The van der Waals surface area contributed by atoms with Crippen molar-refractivity contribution < 1.29 is 0 Å². The Morgan fingerprint density at radius 3 is 2.57 bits per heavy atom. The standard InChI is InChI=1S/C14H20/c1-5-9-10-11-14(8-4)12-13(6-2)7-3/h2,7-8,12-13H,3-5,9-11H2,1H3. The SMILES string of the molecule is C#CC(C=C)C=C(C=C)CCCCC. The predicted molar refractivity (Wildman–Crippen MR) is 64.9 cm³/mol. The molecule has 0 spiro atoms. The molecule has 0 aromatic carbocycles. The monoisotopic (exact) mass is 188 g/mol. The minimum Gasteiger partial charge on any atom is -0.119 e.